The first-order valence-electron chi connectivity index (χ1n) is 9.91. The van der Waals surface area contributed by atoms with Crippen LogP contribution in [0.5, 0.6) is 17.2 Å². The lowest BCUT2D eigenvalue weighted by molar-refractivity contribution is -0.100. The Morgan fingerprint density at radius 2 is 1.60 bits per heavy atom. The first-order chi connectivity index (χ1) is 14.4. The van der Waals surface area contributed by atoms with E-state index in [1.807, 2.05) is 12.1 Å². The molecule has 0 bridgehead atoms. The number of rotatable bonds is 5. The number of allylic oxidation sites excluding steroid dienone is 2. The van der Waals surface area contributed by atoms with Crippen LogP contribution in [-0.4, -0.2) is 32.7 Å². The molecular weight excluding hydrogens is 384 g/mol. The molecule has 4 rings (SSSR count). The number of aliphatic hydroxyl groups is 1. The van der Waals surface area contributed by atoms with E-state index in [4.69, 9.17) is 4.74 Å². The summed E-state index contributed by atoms with van der Waals surface area (Å²) >= 11 is 0. The highest BCUT2D eigenvalue weighted by Crippen LogP contribution is 2.43. The Bertz CT molecular complexity index is 1090. The zero-order chi connectivity index (χ0) is 21.5. The third-order valence-corrected chi connectivity index (χ3v) is 5.46. The van der Waals surface area contributed by atoms with Gasteiger partial charge in [0.2, 0.25) is 11.6 Å². The van der Waals surface area contributed by atoms with Crippen LogP contribution in [0.25, 0.3) is 0 Å². The third-order valence-electron chi connectivity index (χ3n) is 5.46. The highest BCUT2D eigenvalue weighted by atomic mass is 16.6. The van der Waals surface area contributed by atoms with E-state index >= 15 is 0 Å². The van der Waals surface area contributed by atoms with Crippen LogP contribution in [0.4, 0.5) is 0 Å². The lowest BCUT2D eigenvalue weighted by Gasteiger charge is -2.35. The molecule has 2 aromatic rings. The maximum absolute atomic E-state index is 13.2. The fourth-order valence-corrected chi connectivity index (χ4v) is 3.91. The van der Waals surface area contributed by atoms with Crippen LogP contribution in [-0.2, 0) is 6.42 Å². The van der Waals surface area contributed by atoms with Gasteiger partial charge in [0.15, 0.2) is 5.78 Å². The van der Waals surface area contributed by atoms with Crippen LogP contribution < -0.4 is 4.74 Å². The van der Waals surface area contributed by atoms with Crippen molar-refractivity contribution in [3.63, 3.8) is 0 Å². The molecule has 6 heteroatoms. The van der Waals surface area contributed by atoms with Crippen molar-refractivity contribution in [2.24, 2.45) is 0 Å². The zero-order valence-corrected chi connectivity index (χ0v) is 16.5. The van der Waals surface area contributed by atoms with Gasteiger partial charge in [-0.25, -0.2) is 0 Å². The van der Waals surface area contributed by atoms with E-state index in [1.54, 1.807) is 18.2 Å². The Kier molecular flexibility index (Phi) is 4.95. The second-order valence-corrected chi connectivity index (χ2v) is 7.54. The van der Waals surface area contributed by atoms with Gasteiger partial charge in [0, 0.05) is 12.0 Å². The van der Waals surface area contributed by atoms with E-state index in [9.17, 15) is 24.9 Å². The molecule has 30 heavy (non-hydrogen) atoms. The van der Waals surface area contributed by atoms with E-state index in [0.717, 1.165) is 37.0 Å². The molecule has 1 atom stereocenters. The minimum absolute atomic E-state index is 0.0443. The average Bonchev–Trinajstić information content (AvgIpc) is 2.72. The number of carbonyl (C=O) groups excluding carboxylic acids is 2. The Morgan fingerprint density at radius 3 is 2.23 bits per heavy atom. The van der Waals surface area contributed by atoms with Gasteiger partial charge in [-0.3, -0.25) is 9.59 Å². The van der Waals surface area contributed by atoms with Gasteiger partial charge >= 0.3 is 0 Å². The summed E-state index contributed by atoms with van der Waals surface area (Å²) in [5.74, 6) is -3.97. The van der Waals surface area contributed by atoms with Crippen molar-refractivity contribution >= 4 is 11.6 Å². The molecule has 0 fully saturated rings. The number of ketones is 2. The lowest BCUT2D eigenvalue weighted by Crippen LogP contribution is -2.45. The SMILES string of the molecule is CCCCc1ccc(OC2(O)CC=CC3=C2C(=O)c2c(O)ccc(O)c2C3=O)cc1. The Hall–Kier alpha value is -3.38. The molecular formula is C24H22O6. The third kappa shape index (κ3) is 3.19. The molecule has 0 aromatic heterocycles. The number of aromatic hydroxyl groups is 2. The first kappa shape index (κ1) is 19.9. The van der Waals surface area contributed by atoms with Crippen molar-refractivity contribution in [1.29, 1.82) is 0 Å². The van der Waals surface area contributed by atoms with Crippen LogP contribution in [0.2, 0.25) is 0 Å². The standard InChI is InChI=1S/C24H22O6/c1-2-3-5-14-7-9-15(10-8-14)30-24(29)13-4-6-16-21(24)23(28)20-18(26)12-11-17(25)19(20)22(16)27/h4,6-12,25-26,29H,2-3,5,13H2,1H3. The molecule has 6 nitrogen and oxygen atoms in total. The van der Waals surface area contributed by atoms with Crippen molar-refractivity contribution in [3.05, 3.63) is 76.4 Å². The fraction of sp³-hybridized carbons (Fsp3) is 0.250. The number of ether oxygens (including phenoxy) is 1. The van der Waals surface area contributed by atoms with Gasteiger partial charge in [-0.2, -0.15) is 0 Å². The predicted octanol–water partition coefficient (Wildman–Crippen LogP) is 3.84. The largest absolute Gasteiger partial charge is 0.507 e. The number of phenols is 2. The molecule has 2 aromatic carbocycles. The summed E-state index contributed by atoms with van der Waals surface area (Å²) in [6, 6.07) is 9.52. The van der Waals surface area contributed by atoms with Crippen molar-refractivity contribution < 1.29 is 29.6 Å². The van der Waals surface area contributed by atoms with E-state index in [2.05, 4.69) is 6.92 Å². The summed E-state index contributed by atoms with van der Waals surface area (Å²) in [6.07, 6.45) is 6.03. The topological polar surface area (TPSA) is 104 Å². The molecule has 154 valence electrons. The molecule has 0 aliphatic heterocycles. The van der Waals surface area contributed by atoms with Gasteiger partial charge in [-0.1, -0.05) is 37.6 Å². The summed E-state index contributed by atoms with van der Waals surface area (Å²) in [4.78, 5) is 26.1. The van der Waals surface area contributed by atoms with Crippen LogP contribution in [0.1, 0.15) is 52.5 Å². The first-order valence-corrected chi connectivity index (χ1v) is 9.91. The molecule has 0 radical (unpaired) electrons. The van der Waals surface area contributed by atoms with Crippen LogP contribution in [0.15, 0.2) is 59.7 Å². The summed E-state index contributed by atoms with van der Waals surface area (Å²) in [5.41, 5.74) is 0.247. The van der Waals surface area contributed by atoms with E-state index < -0.39 is 28.9 Å². The minimum atomic E-state index is -2.07. The number of benzene rings is 2. The van der Waals surface area contributed by atoms with Gasteiger partial charge in [0.1, 0.15) is 17.2 Å². The van der Waals surface area contributed by atoms with Crippen molar-refractivity contribution in [2.75, 3.05) is 0 Å². The van der Waals surface area contributed by atoms with Crippen LogP contribution >= 0.6 is 0 Å². The summed E-state index contributed by atoms with van der Waals surface area (Å²) in [7, 11) is 0. The molecule has 0 saturated heterocycles. The van der Waals surface area contributed by atoms with E-state index in [0.29, 0.717) is 5.75 Å². The molecule has 3 N–H and O–H groups in total. The zero-order valence-electron chi connectivity index (χ0n) is 16.5. The molecule has 2 aliphatic rings. The number of phenolic OH excluding ortho intramolecular Hbond substituents is 2. The Balaban J connectivity index is 1.72. The number of unbranched alkanes of at least 4 members (excludes halogenated alkanes) is 1. The molecule has 1 unspecified atom stereocenters. The molecule has 2 aliphatic carbocycles. The highest BCUT2D eigenvalue weighted by molar-refractivity contribution is 6.30. The second-order valence-electron chi connectivity index (χ2n) is 7.54. The van der Waals surface area contributed by atoms with E-state index in [-0.39, 0.29) is 28.7 Å². The smallest absolute Gasteiger partial charge is 0.242 e. The number of aryl methyl sites for hydroxylation is 1. The summed E-state index contributed by atoms with van der Waals surface area (Å²) < 4.78 is 5.80. The minimum Gasteiger partial charge on any atom is -0.507 e. The predicted molar refractivity (Wildman–Crippen MR) is 110 cm³/mol. The number of Topliss-reactive ketones (excluding diaryl/α,β-unsaturated/α-hetero) is 2. The van der Waals surface area contributed by atoms with Gasteiger partial charge in [-0.15, -0.1) is 0 Å². The Labute approximate surface area is 173 Å². The lowest BCUT2D eigenvalue weighted by atomic mass is 9.76. The number of fused-ring (bicyclic) bond motifs is 1. The fourth-order valence-electron chi connectivity index (χ4n) is 3.91. The van der Waals surface area contributed by atoms with Gasteiger partial charge in [0.05, 0.1) is 16.7 Å². The summed E-state index contributed by atoms with van der Waals surface area (Å²) in [6.45, 7) is 2.12. The van der Waals surface area contributed by atoms with E-state index in [1.165, 1.54) is 6.08 Å². The van der Waals surface area contributed by atoms with Gasteiger partial charge < -0.3 is 20.1 Å². The van der Waals surface area contributed by atoms with Gasteiger partial charge in [-0.05, 0) is 42.7 Å². The maximum Gasteiger partial charge on any atom is 0.242 e. The van der Waals surface area contributed by atoms with Gasteiger partial charge in [0.25, 0.3) is 0 Å². The second kappa shape index (κ2) is 7.46. The van der Waals surface area contributed by atoms with Crippen LogP contribution in [0.3, 0.4) is 0 Å². The molecule has 0 heterocycles. The quantitative estimate of drug-likeness (QED) is 0.515. The molecule has 0 amide bonds. The average molecular weight is 406 g/mol. The number of hydrogen-bond donors (Lipinski definition) is 3. The normalized spacial score (nSPS) is 20.2. The van der Waals surface area contributed by atoms with Crippen molar-refractivity contribution in [1.82, 2.24) is 0 Å². The highest BCUT2D eigenvalue weighted by Gasteiger charge is 2.48. The van der Waals surface area contributed by atoms with Crippen molar-refractivity contribution in [2.45, 2.75) is 38.4 Å². The van der Waals surface area contributed by atoms with Crippen molar-refractivity contribution in [3.8, 4) is 17.2 Å². The number of hydrogen-bond acceptors (Lipinski definition) is 6. The maximum atomic E-state index is 13.2. The summed E-state index contributed by atoms with van der Waals surface area (Å²) in [5, 5.41) is 31.5. The molecule has 0 saturated carbocycles. The molecule has 0 spiro atoms. The number of carbonyl (C=O) groups is 2. The monoisotopic (exact) mass is 406 g/mol. The Morgan fingerprint density at radius 1 is 0.967 bits per heavy atom. The van der Waals surface area contributed by atoms with Crippen LogP contribution in [0, 0.1) is 0 Å².